The van der Waals surface area contributed by atoms with Gasteiger partial charge in [-0.2, -0.15) is 5.26 Å². The van der Waals surface area contributed by atoms with Crippen LogP contribution in [0.4, 0.5) is 0 Å². The number of hydrogen-bond acceptors (Lipinski definition) is 4. The molecule has 0 bridgehead atoms. The van der Waals surface area contributed by atoms with Gasteiger partial charge in [-0.15, -0.1) is 0 Å². The van der Waals surface area contributed by atoms with E-state index in [-0.39, 0.29) is 7.33 Å². The van der Waals surface area contributed by atoms with Gasteiger partial charge < -0.3 is 14.6 Å². The number of carbonyl (C=O) groups excluding carboxylic acids is 1. The summed E-state index contributed by atoms with van der Waals surface area (Å²) >= 11 is 0. The summed E-state index contributed by atoms with van der Waals surface area (Å²) in [5.41, 5.74) is 2.60. The number of rotatable bonds is 4. The van der Waals surface area contributed by atoms with Crippen LogP contribution in [0.2, 0.25) is 0 Å². The molecule has 23 heavy (non-hydrogen) atoms. The molecule has 120 valence electrons. The van der Waals surface area contributed by atoms with Gasteiger partial charge in [0.1, 0.15) is 11.3 Å². The quantitative estimate of drug-likeness (QED) is 0.876. The number of pyridine rings is 1. The van der Waals surface area contributed by atoms with Crippen molar-refractivity contribution in [2.75, 3.05) is 19.6 Å². The summed E-state index contributed by atoms with van der Waals surface area (Å²) in [6.45, 7) is 2.11. The fourth-order valence-corrected chi connectivity index (χ4v) is 3.20. The van der Waals surface area contributed by atoms with E-state index in [0.29, 0.717) is 24.1 Å². The fraction of sp³-hybridized carbons (Fsp3) is 0.471. The van der Waals surface area contributed by atoms with E-state index < -0.39 is 0 Å². The van der Waals surface area contributed by atoms with Crippen LogP contribution in [0.5, 0.6) is 0 Å². The standard InChI is InChI=1S/C17H19N5O.H2/c18-11-21-5-3-12(9-21)8-19-17(23)15-10-22-6-4-14(13-1-2-13)7-16(22)20-15;/h4,6-7,10,12-13H,1-3,5,8-9H2,(H,19,23);1H/t12-;/m1./s1. The molecule has 1 amide bonds. The van der Waals surface area contributed by atoms with Gasteiger partial charge in [-0.05, 0) is 48.8 Å². The molecule has 4 rings (SSSR count). The molecule has 3 heterocycles. The summed E-state index contributed by atoms with van der Waals surface area (Å²) in [6.07, 6.45) is 9.37. The van der Waals surface area contributed by atoms with Crippen LogP contribution in [0.15, 0.2) is 24.5 Å². The number of hydrogen-bond donors (Lipinski definition) is 1. The zero-order chi connectivity index (χ0) is 15.8. The number of likely N-dealkylation sites (tertiary alicyclic amines) is 1. The molecule has 1 saturated heterocycles. The van der Waals surface area contributed by atoms with E-state index in [4.69, 9.17) is 5.26 Å². The average molecular weight is 311 g/mol. The number of fused-ring (bicyclic) bond motifs is 1. The van der Waals surface area contributed by atoms with Crippen LogP contribution in [0.3, 0.4) is 0 Å². The Kier molecular flexibility index (Phi) is 3.41. The first-order valence-electron chi connectivity index (χ1n) is 8.14. The molecule has 2 aliphatic rings. The van der Waals surface area contributed by atoms with Crippen LogP contribution < -0.4 is 5.32 Å². The van der Waals surface area contributed by atoms with E-state index in [9.17, 15) is 4.79 Å². The normalized spacial score (nSPS) is 20.7. The van der Waals surface area contributed by atoms with Crippen molar-refractivity contribution < 1.29 is 6.22 Å². The van der Waals surface area contributed by atoms with Gasteiger partial charge in [-0.3, -0.25) is 4.79 Å². The molecular weight excluding hydrogens is 290 g/mol. The molecule has 1 aliphatic heterocycles. The molecule has 1 atom stereocenters. The van der Waals surface area contributed by atoms with Gasteiger partial charge in [0, 0.05) is 33.5 Å². The highest BCUT2D eigenvalue weighted by atomic mass is 16.1. The summed E-state index contributed by atoms with van der Waals surface area (Å²) < 4.78 is 1.90. The molecule has 6 heteroatoms. The van der Waals surface area contributed by atoms with Crippen LogP contribution in [0.1, 0.15) is 42.7 Å². The van der Waals surface area contributed by atoms with Crippen LogP contribution in [0.25, 0.3) is 5.65 Å². The maximum absolute atomic E-state index is 12.3. The number of amides is 1. The minimum atomic E-state index is -0.142. The monoisotopic (exact) mass is 311 g/mol. The van der Waals surface area contributed by atoms with Crippen molar-refractivity contribution in [3.8, 4) is 6.19 Å². The summed E-state index contributed by atoms with van der Waals surface area (Å²) in [5.74, 6) is 0.883. The predicted molar refractivity (Wildman–Crippen MR) is 86.9 cm³/mol. The van der Waals surface area contributed by atoms with E-state index in [1.807, 2.05) is 10.6 Å². The summed E-state index contributed by atoms with van der Waals surface area (Å²) in [4.78, 5) is 18.5. The Morgan fingerprint density at radius 3 is 3.09 bits per heavy atom. The largest absolute Gasteiger partial charge is 0.350 e. The minimum absolute atomic E-state index is 0. The zero-order valence-corrected chi connectivity index (χ0v) is 12.9. The maximum Gasteiger partial charge on any atom is 0.271 e. The van der Waals surface area contributed by atoms with E-state index in [1.165, 1.54) is 18.4 Å². The van der Waals surface area contributed by atoms with Gasteiger partial charge in [-0.25, -0.2) is 4.98 Å². The number of carbonyl (C=O) groups is 1. The lowest BCUT2D eigenvalue weighted by molar-refractivity contribution is 0.0943. The highest BCUT2D eigenvalue weighted by molar-refractivity contribution is 5.92. The Hall–Kier alpha value is -2.55. The number of nitrogens with zero attached hydrogens (tertiary/aromatic N) is 4. The molecule has 2 aromatic heterocycles. The molecule has 1 aliphatic carbocycles. The van der Waals surface area contributed by atoms with Crippen LogP contribution >= 0.6 is 0 Å². The topological polar surface area (TPSA) is 73.4 Å². The molecule has 1 saturated carbocycles. The Morgan fingerprint density at radius 2 is 2.35 bits per heavy atom. The highest BCUT2D eigenvalue weighted by Gasteiger charge is 2.24. The van der Waals surface area contributed by atoms with Gasteiger partial charge in [0.25, 0.3) is 5.91 Å². The SMILES string of the molecule is N#CN1CC[C@H](CNC(=O)c2cn3ccc(C4CC4)cc3n2)C1.[HH]. The first-order valence-corrected chi connectivity index (χ1v) is 8.14. The Balaban J connectivity index is 0.00000169. The van der Waals surface area contributed by atoms with Crippen molar-refractivity contribution in [1.82, 2.24) is 19.6 Å². The number of aromatic nitrogens is 2. The lowest BCUT2D eigenvalue weighted by atomic mass is 10.1. The number of nitrogens with one attached hydrogen (secondary N) is 1. The zero-order valence-electron chi connectivity index (χ0n) is 12.9. The van der Waals surface area contributed by atoms with Gasteiger partial charge in [0.15, 0.2) is 6.19 Å². The summed E-state index contributed by atoms with van der Waals surface area (Å²) in [6, 6.07) is 4.19. The molecular formula is C17H21N5O. The molecule has 0 unspecified atom stereocenters. The van der Waals surface area contributed by atoms with E-state index >= 15 is 0 Å². The highest BCUT2D eigenvalue weighted by Crippen LogP contribution is 2.40. The molecule has 1 N–H and O–H groups in total. The van der Waals surface area contributed by atoms with Crippen molar-refractivity contribution in [1.29, 1.82) is 5.26 Å². The summed E-state index contributed by atoms with van der Waals surface area (Å²) in [5, 5.41) is 11.8. The second kappa shape index (κ2) is 5.58. The number of nitriles is 1. The first kappa shape index (κ1) is 14.1. The number of imidazole rings is 1. The Labute approximate surface area is 136 Å². The van der Waals surface area contributed by atoms with Crippen molar-refractivity contribution in [3.05, 3.63) is 35.8 Å². The van der Waals surface area contributed by atoms with Crippen molar-refractivity contribution in [2.45, 2.75) is 25.2 Å². The third kappa shape index (κ3) is 2.87. The van der Waals surface area contributed by atoms with Crippen LogP contribution in [-0.2, 0) is 0 Å². The molecule has 0 radical (unpaired) electrons. The lowest BCUT2D eigenvalue weighted by Gasteiger charge is -2.10. The average Bonchev–Trinajstić information content (AvgIpc) is 3.17. The van der Waals surface area contributed by atoms with Gasteiger partial charge in [0.2, 0.25) is 0 Å². The summed E-state index contributed by atoms with van der Waals surface area (Å²) in [7, 11) is 0. The second-order valence-corrected chi connectivity index (χ2v) is 6.54. The van der Waals surface area contributed by atoms with Gasteiger partial charge >= 0.3 is 0 Å². The molecule has 0 spiro atoms. The Bertz CT molecular complexity index is 792. The third-order valence-electron chi connectivity index (χ3n) is 4.74. The van der Waals surface area contributed by atoms with E-state index in [2.05, 4.69) is 28.6 Å². The molecule has 2 fully saturated rings. The van der Waals surface area contributed by atoms with Crippen molar-refractivity contribution in [3.63, 3.8) is 0 Å². The second-order valence-electron chi connectivity index (χ2n) is 6.54. The smallest absolute Gasteiger partial charge is 0.271 e. The van der Waals surface area contributed by atoms with E-state index in [0.717, 1.165) is 25.2 Å². The van der Waals surface area contributed by atoms with Gasteiger partial charge in [-0.1, -0.05) is 0 Å². The molecule has 2 aromatic rings. The van der Waals surface area contributed by atoms with Crippen LogP contribution in [-0.4, -0.2) is 39.8 Å². The molecule has 6 nitrogen and oxygen atoms in total. The minimum Gasteiger partial charge on any atom is -0.350 e. The van der Waals surface area contributed by atoms with Gasteiger partial charge in [0.05, 0.1) is 0 Å². The third-order valence-corrected chi connectivity index (χ3v) is 4.74. The first-order chi connectivity index (χ1) is 11.2. The predicted octanol–water partition coefficient (Wildman–Crippen LogP) is 1.99. The van der Waals surface area contributed by atoms with E-state index in [1.54, 1.807) is 11.1 Å². The molecule has 0 aromatic carbocycles. The maximum atomic E-state index is 12.3. The van der Waals surface area contributed by atoms with Crippen LogP contribution in [0, 0.1) is 17.4 Å². The van der Waals surface area contributed by atoms with Crippen molar-refractivity contribution >= 4 is 11.6 Å². The fourth-order valence-electron chi connectivity index (χ4n) is 3.20. The lowest BCUT2D eigenvalue weighted by Crippen LogP contribution is -2.30. The van der Waals surface area contributed by atoms with Crippen molar-refractivity contribution in [2.24, 2.45) is 5.92 Å². The Morgan fingerprint density at radius 1 is 1.48 bits per heavy atom.